The highest BCUT2D eigenvalue weighted by molar-refractivity contribution is 7.90. The lowest BCUT2D eigenvalue weighted by atomic mass is 10.2. The molecule has 2 atom stereocenters. The molecule has 34 heavy (non-hydrogen) atoms. The van der Waals surface area contributed by atoms with E-state index in [-0.39, 0.29) is 10.7 Å². The zero-order valence-electron chi connectivity index (χ0n) is 18.9. The number of carbonyl (C=O) groups is 2. The number of rotatable bonds is 6. The molecule has 0 aromatic heterocycles. The van der Waals surface area contributed by atoms with Crippen molar-refractivity contribution in [3.8, 4) is 0 Å². The number of fused-ring (bicyclic) bond motifs is 1. The molecule has 0 radical (unpaired) electrons. The number of aliphatic imine (C=N–C) groups is 1. The van der Waals surface area contributed by atoms with E-state index in [4.69, 9.17) is 9.47 Å². The molecule has 2 aromatic carbocycles. The zero-order chi connectivity index (χ0) is 24.3. The highest BCUT2D eigenvalue weighted by atomic mass is 32.2. The number of benzene rings is 2. The van der Waals surface area contributed by atoms with Crippen molar-refractivity contribution < 1.29 is 27.5 Å². The van der Waals surface area contributed by atoms with Gasteiger partial charge in [0, 0.05) is 30.0 Å². The van der Waals surface area contributed by atoms with Crippen LogP contribution in [0.25, 0.3) is 0 Å². The van der Waals surface area contributed by atoms with Gasteiger partial charge in [-0.1, -0.05) is 12.1 Å². The molecule has 0 bridgehead atoms. The Morgan fingerprint density at radius 1 is 1.09 bits per heavy atom. The first-order valence-electron chi connectivity index (χ1n) is 10.9. The summed E-state index contributed by atoms with van der Waals surface area (Å²) in [5, 5.41) is 2.73. The molecule has 10 nitrogen and oxygen atoms in total. The number of hydrogen-bond acceptors (Lipinski definition) is 8. The molecule has 1 amide bonds. The molecule has 2 heterocycles. The van der Waals surface area contributed by atoms with Crippen molar-refractivity contribution in [2.75, 3.05) is 36.5 Å². The van der Waals surface area contributed by atoms with Gasteiger partial charge in [-0.15, -0.1) is 0 Å². The lowest BCUT2D eigenvalue weighted by Gasteiger charge is -2.28. The summed E-state index contributed by atoms with van der Waals surface area (Å²) < 4.78 is 37.4. The Balaban J connectivity index is 1.34. The number of nitrogens with zero attached hydrogens (tertiary/aromatic N) is 2. The topological polar surface area (TPSA) is 126 Å². The number of carbonyl (C=O) groups excluding carboxylic acids is 2. The molecule has 2 unspecified atom stereocenters. The van der Waals surface area contributed by atoms with Crippen molar-refractivity contribution in [1.29, 1.82) is 0 Å². The molecule has 11 heteroatoms. The second-order valence-electron chi connectivity index (χ2n) is 7.97. The van der Waals surface area contributed by atoms with Gasteiger partial charge in [-0.2, -0.15) is 0 Å². The number of hydrogen-bond donors (Lipinski definition) is 2. The van der Waals surface area contributed by atoms with Crippen LogP contribution in [0.5, 0.6) is 0 Å². The first-order valence-corrected chi connectivity index (χ1v) is 12.4. The summed E-state index contributed by atoms with van der Waals surface area (Å²) >= 11 is 0. The molecule has 1 saturated heterocycles. The zero-order valence-corrected chi connectivity index (χ0v) is 19.7. The lowest BCUT2D eigenvalue weighted by Crippen LogP contribution is -2.36. The van der Waals surface area contributed by atoms with Crippen LogP contribution in [0.15, 0.2) is 58.4 Å². The Hall–Kier alpha value is -3.44. The SMILES string of the molecule is CC(N=C1NS(=O)(=O)c2ccccc21)C(=O)OC(C)C(=O)Nc1ccc(N2CCOCC2)cc1. The van der Waals surface area contributed by atoms with E-state index in [1.54, 1.807) is 30.3 Å². The minimum atomic E-state index is -3.71. The summed E-state index contributed by atoms with van der Waals surface area (Å²) in [6.07, 6.45) is -1.07. The smallest absolute Gasteiger partial charge is 0.331 e. The quantitative estimate of drug-likeness (QED) is 0.593. The van der Waals surface area contributed by atoms with Crippen LogP contribution in [0.4, 0.5) is 11.4 Å². The number of esters is 1. The fourth-order valence-corrected chi connectivity index (χ4v) is 4.86. The van der Waals surface area contributed by atoms with E-state index in [2.05, 4.69) is 19.9 Å². The third kappa shape index (κ3) is 5.20. The molecular weight excluding hydrogens is 460 g/mol. The maximum atomic E-state index is 12.5. The summed E-state index contributed by atoms with van der Waals surface area (Å²) in [5.41, 5.74) is 2.00. The minimum absolute atomic E-state index is 0.0671. The Kier molecular flexibility index (Phi) is 6.85. The maximum Gasteiger partial charge on any atom is 0.331 e. The number of amidine groups is 1. The van der Waals surface area contributed by atoms with E-state index >= 15 is 0 Å². The van der Waals surface area contributed by atoms with Gasteiger partial charge in [-0.25, -0.2) is 13.2 Å². The Labute approximate surface area is 198 Å². The highest BCUT2D eigenvalue weighted by Crippen LogP contribution is 2.23. The molecule has 2 aliphatic heterocycles. The van der Waals surface area contributed by atoms with Crippen LogP contribution in [-0.4, -0.2) is 64.6 Å². The van der Waals surface area contributed by atoms with Gasteiger partial charge >= 0.3 is 5.97 Å². The molecule has 2 aromatic rings. The first kappa shape index (κ1) is 23.7. The van der Waals surface area contributed by atoms with Crippen molar-refractivity contribution >= 4 is 39.1 Å². The third-order valence-electron chi connectivity index (χ3n) is 5.50. The van der Waals surface area contributed by atoms with E-state index < -0.39 is 34.0 Å². The van der Waals surface area contributed by atoms with Gasteiger partial charge in [0.15, 0.2) is 6.10 Å². The fourth-order valence-electron chi connectivity index (χ4n) is 3.62. The molecule has 1 fully saturated rings. The summed E-state index contributed by atoms with van der Waals surface area (Å²) in [5.74, 6) is -1.17. The number of morpholine rings is 1. The monoisotopic (exact) mass is 486 g/mol. The maximum absolute atomic E-state index is 12.5. The van der Waals surface area contributed by atoms with Gasteiger partial charge in [0.05, 0.1) is 18.1 Å². The van der Waals surface area contributed by atoms with E-state index in [1.165, 1.54) is 19.9 Å². The lowest BCUT2D eigenvalue weighted by molar-refractivity contribution is -0.153. The molecule has 2 N–H and O–H groups in total. The molecule has 2 aliphatic rings. The van der Waals surface area contributed by atoms with Crippen molar-refractivity contribution in [2.24, 2.45) is 4.99 Å². The van der Waals surface area contributed by atoms with Crippen LogP contribution in [0.2, 0.25) is 0 Å². The van der Waals surface area contributed by atoms with Gasteiger partial charge in [0.2, 0.25) is 0 Å². The number of anilines is 2. The van der Waals surface area contributed by atoms with E-state index in [0.717, 1.165) is 18.8 Å². The summed E-state index contributed by atoms with van der Waals surface area (Å²) in [4.78, 5) is 31.5. The van der Waals surface area contributed by atoms with Gasteiger partial charge in [0.25, 0.3) is 15.9 Å². The number of sulfonamides is 1. The van der Waals surface area contributed by atoms with Crippen LogP contribution in [0, 0.1) is 0 Å². The van der Waals surface area contributed by atoms with E-state index in [9.17, 15) is 18.0 Å². The van der Waals surface area contributed by atoms with Crippen molar-refractivity contribution in [2.45, 2.75) is 30.9 Å². The predicted molar refractivity (Wildman–Crippen MR) is 126 cm³/mol. The second kappa shape index (κ2) is 9.82. The van der Waals surface area contributed by atoms with Crippen LogP contribution >= 0.6 is 0 Å². The standard InChI is InChI=1S/C23H26N4O6S/c1-15(24-21-19-5-3-4-6-20(19)34(30,31)26-21)23(29)33-16(2)22(28)25-17-7-9-18(10-8-17)27-11-13-32-14-12-27/h3-10,15-16H,11-14H2,1-2H3,(H,24,26)(H,25,28). The van der Waals surface area contributed by atoms with Gasteiger partial charge < -0.3 is 19.7 Å². The largest absolute Gasteiger partial charge is 0.451 e. The first-order chi connectivity index (χ1) is 16.2. The minimum Gasteiger partial charge on any atom is -0.451 e. The second-order valence-corrected chi connectivity index (χ2v) is 9.62. The molecule has 4 rings (SSSR count). The Bertz CT molecular complexity index is 1210. The van der Waals surface area contributed by atoms with Crippen LogP contribution < -0.4 is 14.9 Å². The summed E-state index contributed by atoms with van der Waals surface area (Å²) in [6, 6.07) is 12.7. The van der Waals surface area contributed by atoms with Crippen molar-refractivity contribution in [1.82, 2.24) is 4.72 Å². The Morgan fingerprint density at radius 3 is 2.47 bits per heavy atom. The third-order valence-corrected chi connectivity index (χ3v) is 6.90. The average molecular weight is 487 g/mol. The summed E-state index contributed by atoms with van der Waals surface area (Å²) in [7, 11) is -3.71. The molecule has 0 saturated carbocycles. The number of ether oxygens (including phenoxy) is 2. The predicted octanol–water partition coefficient (Wildman–Crippen LogP) is 1.52. The van der Waals surface area contributed by atoms with E-state index in [1.807, 2.05) is 12.1 Å². The summed E-state index contributed by atoms with van der Waals surface area (Å²) in [6.45, 7) is 5.93. The van der Waals surface area contributed by atoms with Crippen molar-refractivity contribution in [3.05, 3.63) is 54.1 Å². The van der Waals surface area contributed by atoms with Gasteiger partial charge in [-0.05, 0) is 50.2 Å². The molecular formula is C23H26N4O6S. The molecule has 0 aliphatic carbocycles. The molecule has 0 spiro atoms. The van der Waals surface area contributed by atoms with Gasteiger partial charge in [0.1, 0.15) is 11.9 Å². The highest BCUT2D eigenvalue weighted by Gasteiger charge is 2.31. The van der Waals surface area contributed by atoms with Crippen LogP contribution in [0.1, 0.15) is 19.4 Å². The van der Waals surface area contributed by atoms with Crippen molar-refractivity contribution in [3.63, 3.8) is 0 Å². The van der Waals surface area contributed by atoms with Crippen LogP contribution in [-0.2, 0) is 29.1 Å². The fraction of sp³-hybridized carbons (Fsp3) is 0.348. The Morgan fingerprint density at radius 2 is 1.76 bits per heavy atom. The average Bonchev–Trinajstić information content (AvgIpc) is 3.09. The molecule has 180 valence electrons. The number of amides is 1. The van der Waals surface area contributed by atoms with E-state index in [0.29, 0.717) is 24.5 Å². The normalized spacial score (nSPS) is 19.6. The number of nitrogens with one attached hydrogen (secondary N) is 2. The van der Waals surface area contributed by atoms with Crippen LogP contribution in [0.3, 0.4) is 0 Å². The van der Waals surface area contributed by atoms with Gasteiger partial charge in [-0.3, -0.25) is 14.5 Å².